The third-order valence-corrected chi connectivity index (χ3v) is 7.98. The van der Waals surface area contributed by atoms with Gasteiger partial charge in [-0.05, 0) is 67.5 Å². The van der Waals surface area contributed by atoms with E-state index < -0.39 is 95.6 Å². The summed E-state index contributed by atoms with van der Waals surface area (Å²) in [6.45, 7) is 3.26. The second-order valence-electron chi connectivity index (χ2n) is 12.1. The van der Waals surface area contributed by atoms with Crippen LogP contribution < -0.4 is 21.7 Å². The maximum absolute atomic E-state index is 13.9. The number of rotatable bonds is 14. The summed E-state index contributed by atoms with van der Waals surface area (Å²) in [6.07, 6.45) is -2.66. The van der Waals surface area contributed by atoms with E-state index in [-0.39, 0.29) is 42.4 Å². The van der Waals surface area contributed by atoms with E-state index in [1.807, 2.05) is 0 Å². The number of amides is 4. The van der Waals surface area contributed by atoms with Gasteiger partial charge in [0.15, 0.2) is 0 Å². The molecule has 0 aromatic heterocycles. The smallest absolute Gasteiger partial charge is 0.306 e. The fraction of sp³-hybridized carbons (Fsp3) is 0.438. The van der Waals surface area contributed by atoms with Gasteiger partial charge in [-0.15, -0.1) is 0 Å². The molecule has 1 fully saturated rings. The molecular formula is C32H38F2N4O9. The number of carboxylic acid groups (broad SMARTS) is 2. The van der Waals surface area contributed by atoms with Gasteiger partial charge in [-0.3, -0.25) is 28.8 Å². The molecule has 254 valence electrons. The molecule has 47 heavy (non-hydrogen) atoms. The van der Waals surface area contributed by atoms with Crippen LogP contribution in [0.15, 0.2) is 42.5 Å². The second kappa shape index (κ2) is 16.1. The Hall–Kier alpha value is -4.92. The molecule has 4 amide bonds. The molecule has 3 rings (SSSR count). The number of halogens is 2. The topological polar surface area (TPSA) is 225 Å². The normalized spacial score (nSPS) is 19.6. The Labute approximate surface area is 268 Å². The summed E-state index contributed by atoms with van der Waals surface area (Å²) in [5.41, 5.74) is 5.37. The number of nitrogens with two attached hydrogens (primary N) is 1. The van der Waals surface area contributed by atoms with Crippen molar-refractivity contribution < 1.29 is 52.9 Å². The van der Waals surface area contributed by atoms with E-state index in [0.717, 1.165) is 12.1 Å². The zero-order chi connectivity index (χ0) is 35.0. The van der Waals surface area contributed by atoms with Crippen LogP contribution in [-0.2, 0) is 25.6 Å². The fourth-order valence-corrected chi connectivity index (χ4v) is 5.56. The lowest BCUT2D eigenvalue weighted by Gasteiger charge is -2.33. The molecule has 0 bridgehead atoms. The lowest BCUT2D eigenvalue weighted by Crippen LogP contribution is -2.55. The van der Waals surface area contributed by atoms with Crippen molar-refractivity contribution in [2.75, 3.05) is 0 Å². The third kappa shape index (κ3) is 10.6. The number of primary amides is 1. The highest BCUT2D eigenvalue weighted by Crippen LogP contribution is 2.30. The van der Waals surface area contributed by atoms with Gasteiger partial charge in [0.2, 0.25) is 17.7 Å². The molecule has 1 aliphatic rings. The van der Waals surface area contributed by atoms with Gasteiger partial charge >= 0.3 is 11.9 Å². The zero-order valence-electron chi connectivity index (χ0n) is 25.7. The summed E-state index contributed by atoms with van der Waals surface area (Å²) in [7, 11) is 0. The van der Waals surface area contributed by atoms with Crippen LogP contribution in [0.1, 0.15) is 65.8 Å². The Bertz CT molecular complexity index is 1480. The Morgan fingerprint density at radius 1 is 0.872 bits per heavy atom. The molecule has 15 heteroatoms. The second-order valence-corrected chi connectivity index (χ2v) is 12.1. The quantitative estimate of drug-likeness (QED) is 0.155. The Kier molecular flexibility index (Phi) is 12.5. The van der Waals surface area contributed by atoms with Crippen LogP contribution in [-0.4, -0.2) is 75.1 Å². The van der Waals surface area contributed by atoms with Gasteiger partial charge in [0.1, 0.15) is 17.7 Å². The lowest BCUT2D eigenvalue weighted by molar-refractivity contribution is -0.149. The van der Waals surface area contributed by atoms with Crippen LogP contribution in [0.3, 0.4) is 0 Å². The highest BCUT2D eigenvalue weighted by atomic mass is 19.1. The zero-order valence-corrected chi connectivity index (χ0v) is 25.7. The van der Waals surface area contributed by atoms with E-state index in [1.165, 1.54) is 24.3 Å². The van der Waals surface area contributed by atoms with Gasteiger partial charge < -0.3 is 37.0 Å². The number of benzene rings is 2. The number of carbonyl (C=O) groups is 6. The van der Waals surface area contributed by atoms with E-state index in [9.17, 15) is 52.9 Å². The summed E-state index contributed by atoms with van der Waals surface area (Å²) in [5, 5.41) is 37.7. The van der Waals surface area contributed by atoms with Crippen LogP contribution in [0.25, 0.3) is 0 Å². The fourth-order valence-electron chi connectivity index (χ4n) is 5.56. The number of hydrogen-bond acceptors (Lipinski definition) is 7. The SMILES string of the molecule is CC(C)[C@H](NC(=O)C[C@@H](O)[C@H](Cc1cc(F)cc(F)c1)NC(=O)c1cccc(C(N)=O)c1)C(=O)NC1CC(C(=O)O)CC(C(=O)O)C1. The molecule has 5 atom stereocenters. The van der Waals surface area contributed by atoms with Crippen LogP contribution in [0.4, 0.5) is 8.78 Å². The lowest BCUT2D eigenvalue weighted by atomic mass is 9.78. The first-order valence-electron chi connectivity index (χ1n) is 14.9. The van der Waals surface area contributed by atoms with Crippen LogP contribution in [0.2, 0.25) is 0 Å². The highest BCUT2D eigenvalue weighted by Gasteiger charge is 2.38. The predicted octanol–water partition coefficient (Wildman–Crippen LogP) is 1.37. The average Bonchev–Trinajstić information content (AvgIpc) is 2.98. The van der Waals surface area contributed by atoms with E-state index in [1.54, 1.807) is 13.8 Å². The molecule has 2 aromatic carbocycles. The van der Waals surface area contributed by atoms with Gasteiger partial charge in [-0.25, -0.2) is 8.78 Å². The molecule has 1 saturated carbocycles. The van der Waals surface area contributed by atoms with Crippen molar-refractivity contribution in [2.24, 2.45) is 23.5 Å². The number of aliphatic hydroxyl groups excluding tert-OH is 1. The molecule has 2 aromatic rings. The summed E-state index contributed by atoms with van der Waals surface area (Å²) >= 11 is 0. The van der Waals surface area contributed by atoms with Crippen molar-refractivity contribution in [3.05, 3.63) is 70.8 Å². The van der Waals surface area contributed by atoms with E-state index in [0.29, 0.717) is 6.07 Å². The Morgan fingerprint density at radius 2 is 1.45 bits per heavy atom. The van der Waals surface area contributed by atoms with Crippen LogP contribution in [0.5, 0.6) is 0 Å². The summed E-state index contributed by atoms with van der Waals surface area (Å²) < 4.78 is 27.9. The minimum Gasteiger partial charge on any atom is -0.481 e. The van der Waals surface area contributed by atoms with E-state index in [4.69, 9.17) is 5.73 Å². The molecule has 0 saturated heterocycles. The number of nitrogens with one attached hydrogen (secondary N) is 3. The first-order chi connectivity index (χ1) is 22.0. The number of aliphatic carboxylic acids is 2. The summed E-state index contributed by atoms with van der Waals surface area (Å²) in [4.78, 5) is 74.1. The van der Waals surface area contributed by atoms with Crippen molar-refractivity contribution in [2.45, 2.75) is 70.2 Å². The Morgan fingerprint density at radius 3 is 1.98 bits per heavy atom. The molecular weight excluding hydrogens is 622 g/mol. The number of carboxylic acids is 2. The summed E-state index contributed by atoms with van der Waals surface area (Å²) in [6, 6.07) is 4.80. The van der Waals surface area contributed by atoms with E-state index in [2.05, 4.69) is 16.0 Å². The van der Waals surface area contributed by atoms with Gasteiger partial charge in [0, 0.05) is 23.2 Å². The van der Waals surface area contributed by atoms with Crippen molar-refractivity contribution >= 4 is 35.6 Å². The molecule has 1 aliphatic carbocycles. The molecule has 8 N–H and O–H groups in total. The Balaban J connectivity index is 1.75. The van der Waals surface area contributed by atoms with Crippen LogP contribution in [0, 0.1) is 29.4 Å². The molecule has 0 spiro atoms. The monoisotopic (exact) mass is 660 g/mol. The van der Waals surface area contributed by atoms with Crippen molar-refractivity contribution in [3.8, 4) is 0 Å². The molecule has 0 radical (unpaired) electrons. The highest BCUT2D eigenvalue weighted by molar-refractivity contribution is 5.99. The minimum atomic E-state index is -1.63. The standard InChI is InChI=1S/C32H38F2N4O9/c1-15(2)27(30(43)36-23-11-19(31(44)45)10-20(12-23)32(46)47)38-26(40)14-25(39)24(8-16-6-21(33)13-22(34)7-16)37-29(42)18-5-3-4-17(9-18)28(35)41/h3-7,9,13,15,19-20,23-25,27,39H,8,10-12,14H2,1-2H3,(H2,35,41)(H,36,43)(H,37,42)(H,38,40)(H,44,45)(H,46,47)/t19?,20?,23?,24-,25+,27-/m0/s1. The largest absolute Gasteiger partial charge is 0.481 e. The number of hydrogen-bond donors (Lipinski definition) is 7. The average molecular weight is 661 g/mol. The minimum absolute atomic E-state index is 0.00668. The predicted molar refractivity (Wildman–Crippen MR) is 162 cm³/mol. The molecule has 0 aliphatic heterocycles. The summed E-state index contributed by atoms with van der Waals surface area (Å²) in [5.74, 6) is -9.68. The van der Waals surface area contributed by atoms with E-state index >= 15 is 0 Å². The van der Waals surface area contributed by atoms with Crippen molar-refractivity contribution in [1.29, 1.82) is 0 Å². The van der Waals surface area contributed by atoms with Gasteiger partial charge in [-0.1, -0.05) is 19.9 Å². The van der Waals surface area contributed by atoms with Gasteiger partial charge in [-0.2, -0.15) is 0 Å². The first-order valence-corrected chi connectivity index (χ1v) is 14.9. The van der Waals surface area contributed by atoms with Gasteiger partial charge in [0.25, 0.3) is 5.91 Å². The molecule has 0 heterocycles. The first kappa shape index (κ1) is 36.5. The van der Waals surface area contributed by atoms with Crippen LogP contribution >= 0.6 is 0 Å². The van der Waals surface area contributed by atoms with Crippen molar-refractivity contribution in [1.82, 2.24) is 16.0 Å². The number of carbonyl (C=O) groups excluding carboxylic acids is 4. The number of aliphatic hydroxyl groups is 1. The molecule has 13 nitrogen and oxygen atoms in total. The molecule has 2 unspecified atom stereocenters. The maximum Gasteiger partial charge on any atom is 0.306 e. The van der Waals surface area contributed by atoms with Gasteiger partial charge in [0.05, 0.1) is 30.4 Å². The third-order valence-electron chi connectivity index (χ3n) is 7.98. The maximum atomic E-state index is 13.9. The van der Waals surface area contributed by atoms with Crippen molar-refractivity contribution in [3.63, 3.8) is 0 Å².